The molecule has 0 unspecified atom stereocenters. The van der Waals surface area contributed by atoms with Gasteiger partial charge in [0.25, 0.3) is 0 Å². The lowest BCUT2D eigenvalue weighted by Crippen LogP contribution is -1.86. The lowest BCUT2D eigenvalue weighted by Gasteiger charge is -1.96. The molecule has 0 amide bonds. The van der Waals surface area contributed by atoms with Gasteiger partial charge in [-0.3, -0.25) is 0 Å². The highest BCUT2D eigenvalue weighted by Gasteiger charge is 2.02. The molecular weight excluding hydrogens is 160 g/mol. The van der Waals surface area contributed by atoms with Crippen molar-refractivity contribution in [2.75, 3.05) is 0 Å². The second kappa shape index (κ2) is 3.63. The van der Waals surface area contributed by atoms with Crippen molar-refractivity contribution in [1.29, 1.82) is 5.26 Å². The summed E-state index contributed by atoms with van der Waals surface area (Å²) in [5.41, 5.74) is -0.181. The van der Waals surface area contributed by atoms with Crippen LogP contribution >= 0.6 is 0 Å². The molecule has 1 nitrogen and oxygen atoms in total. The largest absolute Gasteiger partial charge is 0.206 e. The average Bonchev–Trinajstić information content (AvgIpc) is 2.04. The summed E-state index contributed by atoms with van der Waals surface area (Å²) in [6.45, 7) is 0. The van der Waals surface area contributed by atoms with Crippen LogP contribution in [0.1, 0.15) is 5.56 Å². The molecule has 0 aromatic heterocycles. The van der Waals surface area contributed by atoms with Crippen molar-refractivity contribution in [3.63, 3.8) is 0 Å². The van der Waals surface area contributed by atoms with Gasteiger partial charge in [-0.05, 0) is 18.2 Å². The summed E-state index contributed by atoms with van der Waals surface area (Å²) in [6, 6.07) is 5.21. The van der Waals surface area contributed by atoms with E-state index in [-0.39, 0.29) is 5.56 Å². The van der Waals surface area contributed by atoms with Crippen molar-refractivity contribution in [3.05, 3.63) is 41.5 Å². The Labute approximate surface area is 68.6 Å². The summed E-state index contributed by atoms with van der Waals surface area (Å²) < 4.78 is 25.5. The molecule has 0 aliphatic carbocycles. The Kier molecular flexibility index (Phi) is 2.54. The standard InChI is InChI=1S/C9H5F2N/c10-8-4-1-5-9(11)7(8)3-2-6-12/h1-5H/b3-2-. The van der Waals surface area contributed by atoms with Gasteiger partial charge in [0.1, 0.15) is 11.6 Å². The topological polar surface area (TPSA) is 23.8 Å². The Balaban J connectivity index is 3.15. The van der Waals surface area contributed by atoms with Crippen LogP contribution in [0.4, 0.5) is 8.78 Å². The van der Waals surface area contributed by atoms with Crippen LogP contribution in [0.2, 0.25) is 0 Å². The normalized spacial score (nSPS) is 10.1. The first-order chi connectivity index (χ1) is 5.75. The third-order valence-electron chi connectivity index (χ3n) is 1.32. The van der Waals surface area contributed by atoms with E-state index in [0.29, 0.717) is 0 Å². The smallest absolute Gasteiger partial charge is 0.133 e. The molecule has 0 atom stereocenters. The fourth-order valence-corrected chi connectivity index (χ4v) is 0.791. The molecule has 0 heterocycles. The number of nitrogens with zero attached hydrogens (tertiary/aromatic N) is 1. The number of hydrogen-bond donors (Lipinski definition) is 0. The first-order valence-corrected chi connectivity index (χ1v) is 3.26. The van der Waals surface area contributed by atoms with Gasteiger partial charge in [-0.25, -0.2) is 8.78 Å². The summed E-state index contributed by atoms with van der Waals surface area (Å²) in [5, 5.41) is 8.13. The molecule has 60 valence electrons. The highest BCUT2D eigenvalue weighted by molar-refractivity contribution is 5.52. The minimum absolute atomic E-state index is 0.181. The van der Waals surface area contributed by atoms with Crippen LogP contribution in [0.25, 0.3) is 6.08 Å². The van der Waals surface area contributed by atoms with Crippen molar-refractivity contribution in [1.82, 2.24) is 0 Å². The number of halogens is 2. The molecule has 0 spiro atoms. The summed E-state index contributed by atoms with van der Waals surface area (Å²) in [6.07, 6.45) is 2.13. The van der Waals surface area contributed by atoms with Crippen molar-refractivity contribution in [2.45, 2.75) is 0 Å². The van der Waals surface area contributed by atoms with Gasteiger partial charge in [0, 0.05) is 11.6 Å². The van der Waals surface area contributed by atoms with Crippen LogP contribution in [0.15, 0.2) is 24.3 Å². The molecular formula is C9H5F2N. The van der Waals surface area contributed by atoms with E-state index in [2.05, 4.69) is 0 Å². The van der Waals surface area contributed by atoms with Gasteiger partial charge in [-0.2, -0.15) is 5.26 Å². The van der Waals surface area contributed by atoms with Crippen LogP contribution in [-0.2, 0) is 0 Å². The number of hydrogen-bond acceptors (Lipinski definition) is 1. The fourth-order valence-electron chi connectivity index (χ4n) is 0.791. The van der Waals surface area contributed by atoms with Gasteiger partial charge in [0.2, 0.25) is 0 Å². The van der Waals surface area contributed by atoms with Crippen molar-refractivity contribution < 1.29 is 8.78 Å². The average molecular weight is 165 g/mol. The molecule has 1 aromatic rings. The second-order valence-corrected chi connectivity index (χ2v) is 2.10. The maximum absolute atomic E-state index is 12.8. The predicted octanol–water partition coefficient (Wildman–Crippen LogP) is 2.50. The molecule has 0 aliphatic heterocycles. The molecule has 0 fully saturated rings. The maximum atomic E-state index is 12.8. The lowest BCUT2D eigenvalue weighted by molar-refractivity contribution is 0.579. The van der Waals surface area contributed by atoms with Crippen LogP contribution in [0.3, 0.4) is 0 Å². The van der Waals surface area contributed by atoms with E-state index < -0.39 is 11.6 Å². The number of benzene rings is 1. The summed E-state index contributed by atoms with van der Waals surface area (Å²) in [7, 11) is 0. The molecule has 0 saturated carbocycles. The number of nitriles is 1. The van der Waals surface area contributed by atoms with Crippen molar-refractivity contribution >= 4 is 6.08 Å². The Morgan fingerprint density at radius 2 is 1.83 bits per heavy atom. The Morgan fingerprint density at radius 3 is 2.33 bits per heavy atom. The van der Waals surface area contributed by atoms with E-state index >= 15 is 0 Å². The van der Waals surface area contributed by atoms with Gasteiger partial charge in [-0.15, -0.1) is 0 Å². The van der Waals surface area contributed by atoms with Crippen LogP contribution in [0.5, 0.6) is 0 Å². The van der Waals surface area contributed by atoms with E-state index in [0.717, 1.165) is 24.3 Å². The highest BCUT2D eigenvalue weighted by atomic mass is 19.1. The zero-order chi connectivity index (χ0) is 8.97. The van der Waals surface area contributed by atoms with E-state index in [1.807, 2.05) is 0 Å². The first-order valence-electron chi connectivity index (χ1n) is 3.26. The van der Waals surface area contributed by atoms with Crippen LogP contribution in [-0.4, -0.2) is 0 Å². The zero-order valence-electron chi connectivity index (χ0n) is 6.09. The predicted molar refractivity (Wildman–Crippen MR) is 41.0 cm³/mol. The van der Waals surface area contributed by atoms with Crippen molar-refractivity contribution in [3.8, 4) is 6.07 Å². The fraction of sp³-hybridized carbons (Fsp3) is 0. The van der Waals surface area contributed by atoms with E-state index in [1.54, 1.807) is 6.07 Å². The number of rotatable bonds is 1. The van der Waals surface area contributed by atoms with Crippen molar-refractivity contribution in [2.24, 2.45) is 0 Å². The SMILES string of the molecule is N#C/C=C\c1c(F)cccc1F. The van der Waals surface area contributed by atoms with E-state index in [9.17, 15) is 8.78 Å². The molecule has 0 aliphatic rings. The third kappa shape index (κ3) is 1.67. The van der Waals surface area contributed by atoms with Gasteiger partial charge in [-0.1, -0.05) is 6.07 Å². The molecule has 1 aromatic carbocycles. The number of allylic oxidation sites excluding steroid dienone is 1. The molecule has 1 rings (SSSR count). The Bertz CT molecular complexity index is 330. The Morgan fingerprint density at radius 1 is 1.25 bits per heavy atom. The molecule has 0 saturated heterocycles. The van der Waals surface area contributed by atoms with Crippen LogP contribution < -0.4 is 0 Å². The third-order valence-corrected chi connectivity index (χ3v) is 1.32. The molecule has 0 radical (unpaired) electrons. The highest BCUT2D eigenvalue weighted by Crippen LogP contribution is 2.13. The van der Waals surface area contributed by atoms with Gasteiger partial charge in [0.15, 0.2) is 0 Å². The first kappa shape index (κ1) is 8.41. The molecule has 12 heavy (non-hydrogen) atoms. The summed E-state index contributed by atoms with van der Waals surface area (Å²) in [5.74, 6) is -1.33. The maximum Gasteiger partial charge on any atom is 0.133 e. The molecule has 3 heteroatoms. The second-order valence-electron chi connectivity index (χ2n) is 2.10. The van der Waals surface area contributed by atoms with Gasteiger partial charge >= 0.3 is 0 Å². The van der Waals surface area contributed by atoms with E-state index in [1.165, 1.54) is 6.07 Å². The lowest BCUT2D eigenvalue weighted by atomic mass is 10.2. The Hall–Kier alpha value is -1.69. The minimum atomic E-state index is -0.665. The quantitative estimate of drug-likeness (QED) is 0.586. The summed E-state index contributed by atoms with van der Waals surface area (Å²) in [4.78, 5) is 0. The molecule has 0 N–H and O–H groups in total. The minimum Gasteiger partial charge on any atom is -0.206 e. The van der Waals surface area contributed by atoms with Crippen LogP contribution in [0, 0.1) is 23.0 Å². The summed E-state index contributed by atoms with van der Waals surface area (Å²) >= 11 is 0. The molecule has 0 bridgehead atoms. The van der Waals surface area contributed by atoms with E-state index in [4.69, 9.17) is 5.26 Å². The zero-order valence-corrected chi connectivity index (χ0v) is 6.09. The monoisotopic (exact) mass is 165 g/mol. The van der Waals surface area contributed by atoms with Gasteiger partial charge < -0.3 is 0 Å². The van der Waals surface area contributed by atoms with Gasteiger partial charge in [0.05, 0.1) is 6.07 Å².